The summed E-state index contributed by atoms with van der Waals surface area (Å²) in [5.41, 5.74) is -0.424. The van der Waals surface area contributed by atoms with E-state index >= 15 is 0 Å². The molecule has 0 unspecified atom stereocenters. The van der Waals surface area contributed by atoms with Crippen molar-refractivity contribution < 1.29 is 23.7 Å². The Morgan fingerprint density at radius 3 is 2.47 bits per heavy atom. The first-order valence-corrected chi connectivity index (χ1v) is 6.89. The van der Waals surface area contributed by atoms with Gasteiger partial charge in [-0.3, -0.25) is 14.6 Å². The molecule has 0 aliphatic rings. The minimum atomic E-state index is -4.70. The third-order valence-corrected chi connectivity index (χ3v) is 2.96. The van der Waals surface area contributed by atoms with Crippen LogP contribution in [0.4, 0.5) is 0 Å². The molecule has 0 aliphatic carbocycles. The molecule has 8 heteroatoms. The number of hydrogen-bond donors (Lipinski definition) is 2. The maximum absolute atomic E-state index is 11.1. The molecule has 2 N–H and O–H groups in total. The van der Waals surface area contributed by atoms with E-state index in [4.69, 9.17) is 9.79 Å². The van der Waals surface area contributed by atoms with Gasteiger partial charge in [-0.15, -0.1) is 4.91 Å². The highest BCUT2D eigenvalue weighted by Crippen LogP contribution is 2.43. The van der Waals surface area contributed by atoms with Gasteiger partial charge in [-0.05, 0) is 6.07 Å². The molecule has 0 aromatic heterocycles. The first kappa shape index (κ1) is 15.5. The highest BCUT2D eigenvalue weighted by molar-refractivity contribution is 7.46. The average molecular weight is 287 g/mol. The van der Waals surface area contributed by atoms with Crippen LogP contribution >= 0.6 is 7.82 Å². The standard InChI is InChI=1S/C11H14NO6P/c1-11(2,7-10(13)12-14)8-5-3-4-6-9(8)18-19(15,16)17/h3-6H,7H2,1-2H3,(H2,15,16,17). The van der Waals surface area contributed by atoms with E-state index in [9.17, 15) is 14.3 Å². The van der Waals surface area contributed by atoms with Crippen LogP contribution < -0.4 is 4.52 Å². The summed E-state index contributed by atoms with van der Waals surface area (Å²) in [5, 5.41) is 2.32. The molecule has 1 rings (SSSR count). The Morgan fingerprint density at radius 1 is 1.37 bits per heavy atom. The number of carbonyl (C=O) groups is 1. The molecular formula is C11H14NO6P. The van der Waals surface area contributed by atoms with Gasteiger partial charge in [0.1, 0.15) is 5.75 Å². The quantitative estimate of drug-likeness (QED) is 0.633. The van der Waals surface area contributed by atoms with Gasteiger partial charge in [-0.1, -0.05) is 32.0 Å². The van der Waals surface area contributed by atoms with E-state index in [1.807, 2.05) is 0 Å². The van der Waals surface area contributed by atoms with Crippen molar-refractivity contribution >= 4 is 13.7 Å². The molecule has 1 amide bonds. The Labute approximate surface area is 109 Å². The Hall–Kier alpha value is -1.56. The number of phosphoric ester groups is 1. The summed E-state index contributed by atoms with van der Waals surface area (Å²) in [7, 11) is -4.70. The van der Waals surface area contributed by atoms with Gasteiger partial charge in [0, 0.05) is 22.6 Å². The smallest absolute Gasteiger partial charge is 0.404 e. The fourth-order valence-electron chi connectivity index (χ4n) is 1.74. The Morgan fingerprint density at radius 2 is 1.95 bits per heavy atom. The summed E-state index contributed by atoms with van der Waals surface area (Å²) in [6, 6.07) is 6.14. The number of amides is 1. The number of benzene rings is 1. The second-order valence-electron chi connectivity index (χ2n) is 4.62. The minimum Gasteiger partial charge on any atom is -0.404 e. The van der Waals surface area contributed by atoms with Crippen LogP contribution in [-0.4, -0.2) is 15.7 Å². The summed E-state index contributed by atoms with van der Waals surface area (Å²) >= 11 is 0. The van der Waals surface area contributed by atoms with Crippen molar-refractivity contribution in [3.05, 3.63) is 34.7 Å². The molecule has 0 atom stereocenters. The maximum atomic E-state index is 11.1. The normalized spacial score (nSPS) is 12.0. The van der Waals surface area contributed by atoms with Crippen molar-refractivity contribution in [1.29, 1.82) is 0 Å². The molecule has 0 spiro atoms. The number of carbonyl (C=O) groups excluding carboxylic acids is 1. The van der Waals surface area contributed by atoms with Crippen LogP contribution in [0.15, 0.2) is 29.4 Å². The van der Waals surface area contributed by atoms with Crippen molar-refractivity contribution in [3.63, 3.8) is 0 Å². The number of para-hydroxylation sites is 1. The third kappa shape index (κ3) is 4.55. The number of nitrogens with zero attached hydrogens (tertiary/aromatic N) is 1. The largest absolute Gasteiger partial charge is 0.524 e. The molecule has 0 saturated heterocycles. The molecule has 0 radical (unpaired) electrons. The lowest BCUT2D eigenvalue weighted by molar-refractivity contribution is -0.118. The zero-order chi connectivity index (χ0) is 14.7. The SMILES string of the molecule is CC(C)(CC(=O)N=O)c1ccccc1OP(=O)(O)O. The van der Waals surface area contributed by atoms with Gasteiger partial charge in [0.15, 0.2) is 0 Å². The van der Waals surface area contributed by atoms with E-state index in [-0.39, 0.29) is 12.2 Å². The van der Waals surface area contributed by atoms with Crippen molar-refractivity contribution in [2.75, 3.05) is 0 Å². The fraction of sp³-hybridized carbons (Fsp3) is 0.364. The summed E-state index contributed by atoms with van der Waals surface area (Å²) in [5.74, 6) is -0.865. The van der Waals surface area contributed by atoms with Gasteiger partial charge in [0.25, 0.3) is 5.91 Å². The highest BCUT2D eigenvalue weighted by atomic mass is 31.2. The molecule has 0 heterocycles. The molecule has 7 nitrogen and oxygen atoms in total. The Kier molecular flexibility index (Phi) is 4.57. The number of nitroso groups, excluding NO2 is 1. The first-order chi connectivity index (χ1) is 8.65. The van der Waals surface area contributed by atoms with Crippen molar-refractivity contribution in [3.8, 4) is 5.75 Å². The number of hydrogen-bond acceptors (Lipinski definition) is 4. The minimum absolute atomic E-state index is 0.0282. The topological polar surface area (TPSA) is 113 Å². The van der Waals surface area contributed by atoms with Crippen LogP contribution in [0.25, 0.3) is 0 Å². The maximum Gasteiger partial charge on any atom is 0.524 e. The zero-order valence-electron chi connectivity index (χ0n) is 10.4. The van der Waals surface area contributed by atoms with Gasteiger partial charge >= 0.3 is 7.82 Å². The summed E-state index contributed by atoms with van der Waals surface area (Å²) in [4.78, 5) is 39.0. The lowest BCUT2D eigenvalue weighted by Crippen LogP contribution is -2.21. The average Bonchev–Trinajstić information content (AvgIpc) is 2.26. The number of rotatable bonds is 5. The summed E-state index contributed by atoms with van der Waals surface area (Å²) < 4.78 is 15.5. The van der Waals surface area contributed by atoms with Gasteiger partial charge < -0.3 is 4.52 Å². The summed E-state index contributed by atoms with van der Waals surface area (Å²) in [6.45, 7) is 3.30. The molecule has 0 fully saturated rings. The van der Waals surface area contributed by atoms with E-state index in [2.05, 4.69) is 9.70 Å². The molecular weight excluding hydrogens is 273 g/mol. The highest BCUT2D eigenvalue weighted by Gasteiger charge is 2.30. The molecule has 0 aliphatic heterocycles. The molecule has 104 valence electrons. The zero-order valence-corrected chi connectivity index (χ0v) is 11.3. The van der Waals surface area contributed by atoms with E-state index in [1.165, 1.54) is 6.07 Å². The van der Waals surface area contributed by atoms with Crippen molar-refractivity contribution in [2.24, 2.45) is 5.18 Å². The third-order valence-electron chi connectivity index (χ3n) is 2.53. The van der Waals surface area contributed by atoms with Crippen molar-refractivity contribution in [2.45, 2.75) is 25.7 Å². The first-order valence-electron chi connectivity index (χ1n) is 5.36. The van der Waals surface area contributed by atoms with Crippen LogP contribution in [0, 0.1) is 4.91 Å². The van der Waals surface area contributed by atoms with E-state index < -0.39 is 19.1 Å². The number of phosphoric acid groups is 1. The lowest BCUT2D eigenvalue weighted by Gasteiger charge is -2.25. The molecule has 1 aromatic rings. The molecule has 0 saturated carbocycles. The second-order valence-corrected chi connectivity index (χ2v) is 5.79. The van der Waals surface area contributed by atoms with Crippen LogP contribution in [0.3, 0.4) is 0 Å². The Balaban J connectivity index is 3.15. The van der Waals surface area contributed by atoms with Gasteiger partial charge in [-0.25, -0.2) is 4.57 Å². The van der Waals surface area contributed by atoms with E-state index in [1.54, 1.807) is 32.0 Å². The lowest BCUT2D eigenvalue weighted by atomic mass is 9.81. The summed E-state index contributed by atoms with van der Waals surface area (Å²) in [6.07, 6.45) is -0.183. The van der Waals surface area contributed by atoms with Crippen LogP contribution in [0.5, 0.6) is 5.75 Å². The second kappa shape index (κ2) is 5.61. The fourth-order valence-corrected chi connectivity index (χ4v) is 2.15. The predicted molar refractivity (Wildman–Crippen MR) is 67.6 cm³/mol. The van der Waals surface area contributed by atoms with Crippen molar-refractivity contribution in [1.82, 2.24) is 0 Å². The van der Waals surface area contributed by atoms with E-state index in [0.29, 0.717) is 5.56 Å². The monoisotopic (exact) mass is 287 g/mol. The van der Waals surface area contributed by atoms with Gasteiger partial charge in [0.05, 0.1) is 0 Å². The molecule has 1 aromatic carbocycles. The van der Waals surface area contributed by atoms with Crippen LogP contribution in [0.2, 0.25) is 0 Å². The molecule has 19 heavy (non-hydrogen) atoms. The van der Waals surface area contributed by atoms with Gasteiger partial charge in [0.2, 0.25) is 0 Å². The van der Waals surface area contributed by atoms with Crippen LogP contribution in [-0.2, 0) is 14.8 Å². The van der Waals surface area contributed by atoms with Crippen LogP contribution in [0.1, 0.15) is 25.8 Å². The Bertz CT molecular complexity index is 536. The predicted octanol–water partition coefficient (Wildman–Crippen LogP) is 2.12. The van der Waals surface area contributed by atoms with Gasteiger partial charge in [-0.2, -0.15) is 0 Å². The molecule has 0 bridgehead atoms. The van der Waals surface area contributed by atoms with E-state index in [0.717, 1.165) is 0 Å².